The zero-order valence-corrected chi connectivity index (χ0v) is 11.3. The third-order valence-electron chi connectivity index (χ3n) is 3.52. The molecular weight excluding hydrogens is 228 g/mol. The van der Waals surface area contributed by atoms with Gasteiger partial charge in [-0.25, -0.2) is 0 Å². The summed E-state index contributed by atoms with van der Waals surface area (Å²) in [5, 5.41) is 0. The van der Waals surface area contributed by atoms with Gasteiger partial charge in [0.1, 0.15) is 5.75 Å². The highest BCUT2D eigenvalue weighted by Crippen LogP contribution is 2.26. The predicted molar refractivity (Wildman–Crippen MR) is 70.3 cm³/mol. The van der Waals surface area contributed by atoms with Crippen LogP contribution in [0.15, 0.2) is 18.2 Å². The SMILES string of the molecule is COC(C)(C)CCOc1ccc2c(c1)CCC2=O. The maximum Gasteiger partial charge on any atom is 0.163 e. The molecule has 1 aliphatic rings. The lowest BCUT2D eigenvalue weighted by atomic mass is 10.1. The van der Waals surface area contributed by atoms with Gasteiger partial charge in [-0.2, -0.15) is 0 Å². The average molecular weight is 248 g/mol. The highest BCUT2D eigenvalue weighted by Gasteiger charge is 2.20. The van der Waals surface area contributed by atoms with Crippen molar-refractivity contribution in [1.82, 2.24) is 0 Å². The smallest absolute Gasteiger partial charge is 0.163 e. The summed E-state index contributed by atoms with van der Waals surface area (Å²) in [7, 11) is 1.71. The molecule has 0 aliphatic heterocycles. The molecule has 0 saturated carbocycles. The molecule has 0 radical (unpaired) electrons. The fraction of sp³-hybridized carbons (Fsp3) is 0.533. The lowest BCUT2D eigenvalue weighted by Crippen LogP contribution is -2.25. The van der Waals surface area contributed by atoms with E-state index in [-0.39, 0.29) is 11.4 Å². The Balaban J connectivity index is 1.94. The molecule has 1 aromatic rings. The number of fused-ring (bicyclic) bond motifs is 1. The first kappa shape index (κ1) is 13.1. The van der Waals surface area contributed by atoms with Gasteiger partial charge in [-0.3, -0.25) is 4.79 Å². The van der Waals surface area contributed by atoms with Crippen LogP contribution in [0.5, 0.6) is 5.75 Å². The van der Waals surface area contributed by atoms with Crippen LogP contribution in [0.2, 0.25) is 0 Å². The fourth-order valence-corrected chi connectivity index (χ4v) is 2.04. The number of aryl methyl sites for hydroxylation is 1. The van der Waals surface area contributed by atoms with Gasteiger partial charge in [-0.1, -0.05) is 0 Å². The molecule has 0 atom stereocenters. The number of hydrogen-bond acceptors (Lipinski definition) is 3. The van der Waals surface area contributed by atoms with Crippen LogP contribution in [-0.4, -0.2) is 25.1 Å². The van der Waals surface area contributed by atoms with Crippen LogP contribution in [-0.2, 0) is 11.2 Å². The minimum Gasteiger partial charge on any atom is -0.493 e. The number of carbonyl (C=O) groups excluding carboxylic acids is 1. The lowest BCUT2D eigenvalue weighted by Gasteiger charge is -2.22. The summed E-state index contributed by atoms with van der Waals surface area (Å²) in [4.78, 5) is 11.5. The molecule has 98 valence electrons. The van der Waals surface area contributed by atoms with Crippen LogP contribution < -0.4 is 4.74 Å². The second kappa shape index (κ2) is 5.11. The van der Waals surface area contributed by atoms with Crippen molar-refractivity contribution in [3.63, 3.8) is 0 Å². The standard InChI is InChI=1S/C15H20O3/c1-15(2,17-3)8-9-18-12-5-6-13-11(10-12)4-7-14(13)16/h5-6,10H,4,7-9H2,1-3H3. The van der Waals surface area contributed by atoms with Crippen LogP contribution >= 0.6 is 0 Å². The number of benzene rings is 1. The molecule has 0 aromatic heterocycles. The Morgan fingerprint density at radius 2 is 2.06 bits per heavy atom. The molecule has 0 unspecified atom stereocenters. The van der Waals surface area contributed by atoms with E-state index in [4.69, 9.17) is 9.47 Å². The van der Waals surface area contributed by atoms with Crippen molar-refractivity contribution in [2.75, 3.05) is 13.7 Å². The molecule has 0 saturated heterocycles. The van der Waals surface area contributed by atoms with Crippen molar-refractivity contribution in [2.45, 2.75) is 38.7 Å². The lowest BCUT2D eigenvalue weighted by molar-refractivity contribution is 0.00545. The molecule has 1 aliphatic carbocycles. The number of ether oxygens (including phenoxy) is 2. The molecular formula is C15H20O3. The molecule has 3 heteroatoms. The number of Topliss-reactive ketones (excluding diaryl/α,β-unsaturated/α-hetero) is 1. The number of hydrogen-bond donors (Lipinski definition) is 0. The van der Waals surface area contributed by atoms with Gasteiger partial charge in [0.05, 0.1) is 12.2 Å². The van der Waals surface area contributed by atoms with Crippen LogP contribution in [0.4, 0.5) is 0 Å². The van der Waals surface area contributed by atoms with Crippen LogP contribution in [0.3, 0.4) is 0 Å². The second-order valence-corrected chi connectivity index (χ2v) is 5.30. The molecule has 3 nitrogen and oxygen atoms in total. The largest absolute Gasteiger partial charge is 0.493 e. The van der Waals surface area contributed by atoms with Gasteiger partial charge in [0.15, 0.2) is 5.78 Å². The van der Waals surface area contributed by atoms with Gasteiger partial charge in [-0.15, -0.1) is 0 Å². The normalized spacial score (nSPS) is 14.7. The van der Waals surface area contributed by atoms with Crippen molar-refractivity contribution in [3.8, 4) is 5.75 Å². The van der Waals surface area contributed by atoms with Crippen molar-refractivity contribution in [3.05, 3.63) is 29.3 Å². The Kier molecular flexibility index (Phi) is 3.71. The second-order valence-electron chi connectivity index (χ2n) is 5.30. The Morgan fingerprint density at radius 1 is 1.28 bits per heavy atom. The summed E-state index contributed by atoms with van der Waals surface area (Å²) in [6.45, 7) is 4.70. The third-order valence-corrected chi connectivity index (χ3v) is 3.52. The van der Waals surface area contributed by atoms with Gasteiger partial charge >= 0.3 is 0 Å². The highest BCUT2D eigenvalue weighted by atomic mass is 16.5. The van der Waals surface area contributed by atoms with E-state index in [2.05, 4.69) is 0 Å². The van der Waals surface area contributed by atoms with E-state index in [1.54, 1.807) is 7.11 Å². The zero-order chi connectivity index (χ0) is 13.2. The monoisotopic (exact) mass is 248 g/mol. The molecule has 0 heterocycles. The van der Waals surface area contributed by atoms with Crippen LogP contribution in [0.25, 0.3) is 0 Å². The first-order valence-electron chi connectivity index (χ1n) is 6.36. The van der Waals surface area contributed by atoms with Gasteiger partial charge in [0.25, 0.3) is 0 Å². The summed E-state index contributed by atoms with van der Waals surface area (Å²) in [5.74, 6) is 1.09. The molecule has 2 rings (SSSR count). The van der Waals surface area contributed by atoms with E-state index in [9.17, 15) is 4.79 Å². The van der Waals surface area contributed by atoms with Crippen molar-refractivity contribution < 1.29 is 14.3 Å². The molecule has 0 fully saturated rings. The summed E-state index contributed by atoms with van der Waals surface area (Å²) in [6, 6.07) is 5.74. The maximum atomic E-state index is 11.5. The molecule has 18 heavy (non-hydrogen) atoms. The van der Waals surface area contributed by atoms with E-state index < -0.39 is 0 Å². The van der Waals surface area contributed by atoms with E-state index in [1.807, 2.05) is 32.0 Å². The average Bonchev–Trinajstić information content (AvgIpc) is 2.71. The number of rotatable bonds is 5. The van der Waals surface area contributed by atoms with Crippen LogP contribution in [0, 0.1) is 0 Å². The van der Waals surface area contributed by atoms with Crippen molar-refractivity contribution >= 4 is 5.78 Å². The van der Waals surface area contributed by atoms with Gasteiger partial charge in [0, 0.05) is 25.5 Å². The van der Waals surface area contributed by atoms with Crippen LogP contribution in [0.1, 0.15) is 42.6 Å². The molecule has 0 spiro atoms. The minimum absolute atomic E-state index is 0.160. The summed E-state index contributed by atoms with van der Waals surface area (Å²) >= 11 is 0. The van der Waals surface area contributed by atoms with Crippen molar-refractivity contribution in [1.29, 1.82) is 0 Å². The fourth-order valence-electron chi connectivity index (χ4n) is 2.04. The highest BCUT2D eigenvalue weighted by molar-refractivity contribution is 6.00. The zero-order valence-electron chi connectivity index (χ0n) is 11.3. The van der Waals surface area contributed by atoms with Crippen molar-refractivity contribution in [2.24, 2.45) is 0 Å². The van der Waals surface area contributed by atoms with Gasteiger partial charge < -0.3 is 9.47 Å². The molecule has 0 bridgehead atoms. The molecule has 0 amide bonds. The number of methoxy groups -OCH3 is 1. The summed E-state index contributed by atoms with van der Waals surface area (Å²) in [5.41, 5.74) is 1.82. The predicted octanol–water partition coefficient (Wildman–Crippen LogP) is 3.01. The van der Waals surface area contributed by atoms with Gasteiger partial charge in [0.2, 0.25) is 0 Å². The Hall–Kier alpha value is -1.35. The topological polar surface area (TPSA) is 35.5 Å². The number of ketones is 1. The van der Waals surface area contributed by atoms with E-state index in [0.717, 1.165) is 29.7 Å². The van der Waals surface area contributed by atoms with E-state index in [1.165, 1.54) is 0 Å². The summed E-state index contributed by atoms with van der Waals surface area (Å²) in [6.07, 6.45) is 2.31. The molecule has 0 N–H and O–H groups in total. The third kappa shape index (κ3) is 2.91. The number of carbonyl (C=O) groups is 1. The Bertz CT molecular complexity index is 449. The maximum absolute atomic E-state index is 11.5. The minimum atomic E-state index is -0.160. The Labute approximate surface area is 108 Å². The summed E-state index contributed by atoms with van der Waals surface area (Å²) < 4.78 is 11.1. The molecule has 1 aromatic carbocycles. The van der Waals surface area contributed by atoms with E-state index >= 15 is 0 Å². The Morgan fingerprint density at radius 3 is 2.78 bits per heavy atom. The quantitative estimate of drug-likeness (QED) is 0.803. The van der Waals surface area contributed by atoms with E-state index in [0.29, 0.717) is 13.0 Å². The first-order chi connectivity index (χ1) is 8.52. The first-order valence-corrected chi connectivity index (χ1v) is 6.36. The van der Waals surface area contributed by atoms with Gasteiger partial charge in [-0.05, 0) is 44.0 Å².